The highest BCUT2D eigenvalue weighted by molar-refractivity contribution is 6.30. The summed E-state index contributed by atoms with van der Waals surface area (Å²) < 4.78 is 0. The number of nitrogens with zero attached hydrogens (tertiary/aromatic N) is 1. The summed E-state index contributed by atoms with van der Waals surface area (Å²) in [7, 11) is 0. The highest BCUT2D eigenvalue weighted by Crippen LogP contribution is 2.23. The average molecular weight is 450 g/mol. The van der Waals surface area contributed by atoms with Crippen molar-refractivity contribution in [2.24, 2.45) is 5.10 Å². The molecule has 0 heterocycles. The highest BCUT2D eigenvalue weighted by Gasteiger charge is 2.15. The molecule has 0 aliphatic rings. The van der Waals surface area contributed by atoms with Crippen molar-refractivity contribution < 1.29 is 19.8 Å². The van der Waals surface area contributed by atoms with Crippen LogP contribution in [0.15, 0.2) is 83.6 Å². The number of carbonyl (C=O) groups excluding carboxylic acids is 2. The molecular weight excluding hydrogens is 430 g/mol. The smallest absolute Gasteiger partial charge is 0.287 e. The van der Waals surface area contributed by atoms with Crippen molar-refractivity contribution in [2.75, 3.05) is 0 Å². The van der Waals surface area contributed by atoms with Gasteiger partial charge in [-0.3, -0.25) is 9.59 Å². The van der Waals surface area contributed by atoms with E-state index in [0.717, 1.165) is 0 Å². The first kappa shape index (κ1) is 22.6. The molecule has 4 N–H and O–H groups in total. The third-order valence-corrected chi connectivity index (χ3v) is 4.66. The van der Waals surface area contributed by atoms with Gasteiger partial charge in [-0.2, -0.15) is 5.10 Å². The molecule has 0 aromatic heterocycles. The summed E-state index contributed by atoms with van der Waals surface area (Å²) in [4.78, 5) is 25.4. The van der Waals surface area contributed by atoms with Crippen LogP contribution in [0.2, 0.25) is 5.02 Å². The van der Waals surface area contributed by atoms with E-state index in [0.29, 0.717) is 27.4 Å². The lowest BCUT2D eigenvalue weighted by molar-refractivity contribution is -0.117. The first-order valence-electron chi connectivity index (χ1n) is 9.54. The second kappa shape index (κ2) is 10.3. The summed E-state index contributed by atoms with van der Waals surface area (Å²) in [5.74, 6) is -1.41. The van der Waals surface area contributed by atoms with Crippen LogP contribution in [0, 0.1) is 0 Å². The molecule has 3 aromatic carbocycles. The van der Waals surface area contributed by atoms with E-state index in [4.69, 9.17) is 11.6 Å². The Kier molecular flexibility index (Phi) is 7.25. The van der Waals surface area contributed by atoms with Gasteiger partial charge in [0.2, 0.25) is 0 Å². The van der Waals surface area contributed by atoms with Crippen LogP contribution < -0.4 is 10.7 Å². The van der Waals surface area contributed by atoms with Gasteiger partial charge in [0.15, 0.2) is 0 Å². The number of phenolic OH excluding ortho intramolecular Hbond substituents is 2. The van der Waals surface area contributed by atoms with Gasteiger partial charge in [0.25, 0.3) is 11.8 Å². The minimum atomic E-state index is -0.665. The van der Waals surface area contributed by atoms with Crippen molar-refractivity contribution in [1.29, 1.82) is 0 Å². The number of amides is 2. The average Bonchev–Trinajstić information content (AvgIpc) is 2.78. The van der Waals surface area contributed by atoms with Crippen LogP contribution >= 0.6 is 11.6 Å². The Hall–Kier alpha value is -4.10. The lowest BCUT2D eigenvalue weighted by Crippen LogP contribution is -2.33. The number of hydrogen-bond donors (Lipinski definition) is 4. The second-order valence-electron chi connectivity index (χ2n) is 6.77. The zero-order valence-electron chi connectivity index (χ0n) is 17.0. The second-order valence-corrected chi connectivity index (χ2v) is 7.21. The monoisotopic (exact) mass is 449 g/mol. The van der Waals surface area contributed by atoms with Crippen molar-refractivity contribution >= 4 is 35.2 Å². The number of benzene rings is 3. The number of aromatic hydroxyl groups is 2. The fourth-order valence-electron chi connectivity index (χ4n) is 2.75. The maximum absolute atomic E-state index is 12.8. The van der Waals surface area contributed by atoms with E-state index < -0.39 is 11.8 Å². The van der Waals surface area contributed by atoms with Crippen molar-refractivity contribution in [3.63, 3.8) is 0 Å². The molecule has 3 rings (SSSR count). The summed E-state index contributed by atoms with van der Waals surface area (Å²) in [6.45, 7) is 1.58. The van der Waals surface area contributed by atoms with E-state index in [2.05, 4.69) is 15.8 Å². The first-order chi connectivity index (χ1) is 15.3. The zero-order chi connectivity index (χ0) is 23.1. The predicted molar refractivity (Wildman–Crippen MR) is 123 cm³/mol. The van der Waals surface area contributed by atoms with Gasteiger partial charge >= 0.3 is 0 Å². The van der Waals surface area contributed by atoms with E-state index in [9.17, 15) is 19.8 Å². The maximum Gasteiger partial charge on any atom is 0.287 e. The molecule has 0 aliphatic heterocycles. The van der Waals surface area contributed by atoms with E-state index in [1.165, 1.54) is 24.3 Å². The SMILES string of the molecule is C/C(=N\NC(=O)C(=Cc1ccc(Cl)cc1)NC(=O)c1ccccc1)c1ccc(O)cc1O. The predicted octanol–water partition coefficient (Wildman–Crippen LogP) is 4.06. The van der Waals surface area contributed by atoms with Gasteiger partial charge in [-0.1, -0.05) is 41.9 Å². The first-order valence-corrected chi connectivity index (χ1v) is 9.92. The fraction of sp³-hybridized carbons (Fsp3) is 0.0417. The standard InChI is InChI=1S/C24H20ClN3O4/c1-15(20-12-11-19(29)14-22(20)30)27-28-24(32)21(13-16-7-9-18(25)10-8-16)26-23(31)17-5-3-2-4-6-17/h2-14,29-30H,1H3,(H,26,31)(H,28,32)/b21-13?,27-15+. The molecule has 0 atom stereocenters. The summed E-state index contributed by atoms with van der Waals surface area (Å²) >= 11 is 5.92. The van der Waals surface area contributed by atoms with Crippen LogP contribution in [0.5, 0.6) is 11.5 Å². The Morgan fingerprint density at radius 2 is 1.66 bits per heavy atom. The molecule has 162 valence electrons. The minimum Gasteiger partial charge on any atom is -0.508 e. The van der Waals surface area contributed by atoms with Gasteiger partial charge < -0.3 is 15.5 Å². The van der Waals surface area contributed by atoms with E-state index in [1.807, 2.05) is 0 Å². The molecule has 3 aromatic rings. The molecule has 0 spiro atoms. The molecule has 0 saturated heterocycles. The van der Waals surface area contributed by atoms with Crippen LogP contribution in [0.25, 0.3) is 6.08 Å². The number of nitrogens with one attached hydrogen (secondary N) is 2. The highest BCUT2D eigenvalue weighted by atomic mass is 35.5. The van der Waals surface area contributed by atoms with Gasteiger partial charge in [0.1, 0.15) is 17.2 Å². The Balaban J connectivity index is 1.85. The van der Waals surface area contributed by atoms with Crippen molar-refractivity contribution in [2.45, 2.75) is 6.92 Å². The van der Waals surface area contributed by atoms with E-state index >= 15 is 0 Å². The quantitative estimate of drug-likeness (QED) is 0.258. The number of halogens is 1. The summed E-state index contributed by atoms with van der Waals surface area (Å²) in [6.07, 6.45) is 1.50. The number of phenols is 2. The van der Waals surface area contributed by atoms with Gasteiger partial charge in [0, 0.05) is 22.2 Å². The molecule has 2 amide bonds. The molecule has 0 fully saturated rings. The molecule has 32 heavy (non-hydrogen) atoms. The van der Waals surface area contributed by atoms with E-state index in [-0.39, 0.29) is 17.2 Å². The Morgan fingerprint density at radius 3 is 2.31 bits per heavy atom. The maximum atomic E-state index is 12.8. The van der Waals surface area contributed by atoms with Gasteiger partial charge in [0.05, 0.1) is 5.71 Å². The number of carbonyl (C=O) groups is 2. The third-order valence-electron chi connectivity index (χ3n) is 4.41. The number of hydrogen-bond acceptors (Lipinski definition) is 5. The van der Waals surface area contributed by atoms with Crippen LogP contribution in [0.1, 0.15) is 28.4 Å². The molecule has 0 bridgehead atoms. The minimum absolute atomic E-state index is 0.0346. The lowest BCUT2D eigenvalue weighted by atomic mass is 10.1. The molecule has 8 heteroatoms. The molecular formula is C24H20ClN3O4. The molecule has 0 unspecified atom stereocenters. The van der Waals surface area contributed by atoms with Gasteiger partial charge in [-0.15, -0.1) is 0 Å². The lowest BCUT2D eigenvalue weighted by Gasteiger charge is -2.10. The number of rotatable bonds is 6. The van der Waals surface area contributed by atoms with Crippen molar-refractivity contribution in [3.8, 4) is 11.5 Å². The van der Waals surface area contributed by atoms with Crippen molar-refractivity contribution in [3.05, 3.63) is 100 Å². The normalized spacial score (nSPS) is 11.7. The Labute approximate surface area is 189 Å². The summed E-state index contributed by atoms with van der Waals surface area (Å²) in [6, 6.07) is 19.2. The van der Waals surface area contributed by atoms with Crippen LogP contribution in [-0.4, -0.2) is 27.7 Å². The third kappa shape index (κ3) is 5.96. The molecule has 0 saturated carbocycles. The van der Waals surface area contributed by atoms with E-state index in [1.54, 1.807) is 61.5 Å². The summed E-state index contributed by atoms with van der Waals surface area (Å²) in [5.41, 5.74) is 4.01. The summed E-state index contributed by atoms with van der Waals surface area (Å²) in [5, 5.41) is 26.5. The van der Waals surface area contributed by atoms with Crippen molar-refractivity contribution in [1.82, 2.24) is 10.7 Å². The molecule has 0 radical (unpaired) electrons. The topological polar surface area (TPSA) is 111 Å². The zero-order valence-corrected chi connectivity index (χ0v) is 17.8. The molecule has 7 nitrogen and oxygen atoms in total. The van der Waals surface area contributed by atoms with Gasteiger partial charge in [-0.05, 0) is 55.0 Å². The number of hydrazone groups is 1. The molecule has 0 aliphatic carbocycles. The Morgan fingerprint density at radius 1 is 0.969 bits per heavy atom. The van der Waals surface area contributed by atoms with Crippen LogP contribution in [0.3, 0.4) is 0 Å². The Bertz CT molecular complexity index is 1190. The fourth-order valence-corrected chi connectivity index (χ4v) is 2.88. The van der Waals surface area contributed by atoms with Crippen LogP contribution in [0.4, 0.5) is 0 Å². The van der Waals surface area contributed by atoms with Crippen LogP contribution in [-0.2, 0) is 4.79 Å². The van der Waals surface area contributed by atoms with Gasteiger partial charge in [-0.25, -0.2) is 5.43 Å². The largest absolute Gasteiger partial charge is 0.508 e.